The molecule has 1 aliphatic carbocycles. The van der Waals surface area contributed by atoms with Crippen LogP contribution in [0.15, 0.2) is 79.1 Å². The molecule has 6 rings (SSSR count). The number of amides is 1. The van der Waals surface area contributed by atoms with Crippen LogP contribution in [0.2, 0.25) is 0 Å². The lowest BCUT2D eigenvalue weighted by Gasteiger charge is -2.35. The number of benzene rings is 2. The molecule has 5 aromatic rings. The monoisotopic (exact) mass is 482 g/mol. The number of halogens is 2. The van der Waals surface area contributed by atoms with Crippen molar-refractivity contribution in [1.82, 2.24) is 30.0 Å². The molecule has 2 aromatic carbocycles. The topological polar surface area (TPSA) is 85.6 Å². The summed E-state index contributed by atoms with van der Waals surface area (Å²) in [5.41, 5.74) is 2.21. The summed E-state index contributed by atoms with van der Waals surface area (Å²) < 4.78 is 30.1. The maximum atomic E-state index is 14.8. The van der Waals surface area contributed by atoms with Gasteiger partial charge in [-0.15, -0.1) is 10.2 Å². The quantitative estimate of drug-likeness (QED) is 0.388. The van der Waals surface area contributed by atoms with Crippen LogP contribution in [0.1, 0.15) is 34.9 Å². The van der Waals surface area contributed by atoms with Gasteiger partial charge in [-0.1, -0.05) is 42.5 Å². The molecule has 1 saturated carbocycles. The van der Waals surface area contributed by atoms with Crippen LogP contribution in [-0.2, 0) is 0 Å². The molecule has 1 fully saturated rings. The number of para-hydroxylation sites is 1. The van der Waals surface area contributed by atoms with E-state index < -0.39 is 5.82 Å². The summed E-state index contributed by atoms with van der Waals surface area (Å²) in [6.07, 6.45) is 3.78. The van der Waals surface area contributed by atoms with Crippen LogP contribution in [0.5, 0.6) is 0 Å². The first-order valence-electron chi connectivity index (χ1n) is 11.6. The van der Waals surface area contributed by atoms with E-state index in [9.17, 15) is 13.6 Å². The fourth-order valence-electron chi connectivity index (χ4n) is 4.60. The Kier molecular flexibility index (Phi) is 5.44. The van der Waals surface area contributed by atoms with E-state index in [4.69, 9.17) is 0 Å². The molecule has 36 heavy (non-hydrogen) atoms. The van der Waals surface area contributed by atoms with Gasteiger partial charge in [0.1, 0.15) is 23.0 Å². The van der Waals surface area contributed by atoms with E-state index in [0.29, 0.717) is 46.8 Å². The van der Waals surface area contributed by atoms with Gasteiger partial charge >= 0.3 is 0 Å². The maximum Gasteiger partial charge on any atom is 0.253 e. The van der Waals surface area contributed by atoms with Crippen LogP contribution in [0.25, 0.3) is 28.1 Å². The Labute approximate surface area is 204 Å². The molecule has 0 unspecified atom stereocenters. The second-order valence-electron chi connectivity index (χ2n) is 8.75. The van der Waals surface area contributed by atoms with Gasteiger partial charge in [-0.25, -0.2) is 8.78 Å². The lowest BCUT2D eigenvalue weighted by atomic mass is 9.79. The summed E-state index contributed by atoms with van der Waals surface area (Å²) >= 11 is 0. The Morgan fingerprint density at radius 3 is 2.53 bits per heavy atom. The fourth-order valence-corrected chi connectivity index (χ4v) is 4.60. The zero-order valence-electron chi connectivity index (χ0n) is 19.0. The zero-order valence-corrected chi connectivity index (χ0v) is 19.0. The molecule has 178 valence electrons. The van der Waals surface area contributed by atoms with E-state index in [1.54, 1.807) is 28.8 Å². The highest BCUT2D eigenvalue weighted by Crippen LogP contribution is 2.39. The van der Waals surface area contributed by atoms with Gasteiger partial charge in [-0.05, 0) is 31.0 Å². The van der Waals surface area contributed by atoms with Gasteiger partial charge in [0, 0.05) is 29.8 Å². The van der Waals surface area contributed by atoms with Gasteiger partial charge in [0.05, 0.1) is 23.0 Å². The summed E-state index contributed by atoms with van der Waals surface area (Å²) in [6.45, 7) is 0. The normalized spacial score (nSPS) is 17.1. The van der Waals surface area contributed by atoms with Crippen molar-refractivity contribution in [3.05, 3.63) is 102 Å². The Bertz CT molecular complexity index is 1580. The number of carbonyl (C=O) groups is 1. The largest absolute Gasteiger partial charge is 0.349 e. The number of rotatable bonds is 5. The number of aromatic nitrogens is 5. The van der Waals surface area contributed by atoms with Crippen LogP contribution in [0.3, 0.4) is 0 Å². The van der Waals surface area contributed by atoms with E-state index in [1.165, 1.54) is 18.3 Å². The number of pyridine rings is 2. The standard InChI is InChI=1S/C27H20F2N6O/c28-18-14-22-24(31-15-18)20(10-11-30-22)27(36)32-19-12-17(13-19)26-34-33-25(16-6-2-1-3-7-16)35(26)23-9-5-4-8-21(23)29/h1-11,14-15,17,19H,12-13H2,(H,32,36)/t17-,19-. The Balaban J connectivity index is 1.25. The van der Waals surface area contributed by atoms with Gasteiger partial charge in [0.15, 0.2) is 5.82 Å². The third-order valence-electron chi connectivity index (χ3n) is 6.44. The summed E-state index contributed by atoms with van der Waals surface area (Å²) in [5, 5.41) is 11.8. The van der Waals surface area contributed by atoms with E-state index in [2.05, 4.69) is 25.5 Å². The van der Waals surface area contributed by atoms with Crippen molar-refractivity contribution in [2.75, 3.05) is 0 Å². The molecular weight excluding hydrogens is 462 g/mol. The predicted molar refractivity (Wildman–Crippen MR) is 129 cm³/mol. The molecule has 0 radical (unpaired) electrons. The molecule has 0 atom stereocenters. The fraction of sp³-hybridized carbons (Fsp3) is 0.148. The third-order valence-corrected chi connectivity index (χ3v) is 6.44. The van der Waals surface area contributed by atoms with Crippen molar-refractivity contribution in [3.8, 4) is 17.1 Å². The smallest absolute Gasteiger partial charge is 0.253 e. The van der Waals surface area contributed by atoms with Crippen molar-refractivity contribution in [2.45, 2.75) is 24.8 Å². The van der Waals surface area contributed by atoms with E-state index in [1.807, 2.05) is 30.3 Å². The van der Waals surface area contributed by atoms with Gasteiger partial charge in [0.25, 0.3) is 5.91 Å². The molecule has 3 heterocycles. The minimum atomic E-state index is -0.511. The first kappa shape index (κ1) is 22.0. The summed E-state index contributed by atoms with van der Waals surface area (Å²) in [4.78, 5) is 21.1. The minimum absolute atomic E-state index is 0.0127. The maximum absolute atomic E-state index is 14.8. The number of hydrogen-bond donors (Lipinski definition) is 1. The number of fused-ring (bicyclic) bond motifs is 1. The van der Waals surface area contributed by atoms with Crippen LogP contribution < -0.4 is 5.32 Å². The molecule has 0 spiro atoms. The first-order chi connectivity index (χ1) is 17.6. The lowest BCUT2D eigenvalue weighted by molar-refractivity contribution is 0.0908. The minimum Gasteiger partial charge on any atom is -0.349 e. The summed E-state index contributed by atoms with van der Waals surface area (Å²) in [6, 6.07) is 18.8. The number of nitrogens with one attached hydrogen (secondary N) is 1. The van der Waals surface area contributed by atoms with Crippen molar-refractivity contribution in [1.29, 1.82) is 0 Å². The second-order valence-corrected chi connectivity index (χ2v) is 8.75. The van der Waals surface area contributed by atoms with Crippen molar-refractivity contribution in [3.63, 3.8) is 0 Å². The molecule has 0 bridgehead atoms. The number of hydrogen-bond acceptors (Lipinski definition) is 5. The SMILES string of the molecule is O=C(N[C@H]1C[C@H](c2nnc(-c3ccccc3)n2-c2ccccc2F)C1)c1ccnc2cc(F)cnc12. The molecule has 1 aliphatic rings. The Morgan fingerprint density at radius 2 is 1.72 bits per heavy atom. The van der Waals surface area contributed by atoms with Gasteiger partial charge in [0.2, 0.25) is 0 Å². The van der Waals surface area contributed by atoms with Crippen molar-refractivity contribution >= 4 is 16.9 Å². The van der Waals surface area contributed by atoms with Crippen LogP contribution in [-0.4, -0.2) is 36.7 Å². The third kappa shape index (κ3) is 3.88. The highest BCUT2D eigenvalue weighted by molar-refractivity contribution is 6.04. The molecule has 0 aliphatic heterocycles. The summed E-state index contributed by atoms with van der Waals surface area (Å²) in [5.74, 6) is 0.0177. The lowest BCUT2D eigenvalue weighted by Crippen LogP contribution is -2.44. The summed E-state index contributed by atoms with van der Waals surface area (Å²) in [7, 11) is 0. The molecule has 0 saturated heterocycles. The Morgan fingerprint density at radius 1 is 0.944 bits per heavy atom. The molecule has 1 N–H and O–H groups in total. The average Bonchev–Trinajstić information content (AvgIpc) is 3.30. The van der Waals surface area contributed by atoms with E-state index in [0.717, 1.165) is 11.8 Å². The van der Waals surface area contributed by atoms with E-state index >= 15 is 0 Å². The molecule has 1 amide bonds. The Hall–Kier alpha value is -4.53. The number of nitrogens with zero attached hydrogens (tertiary/aromatic N) is 5. The molecule has 9 heteroatoms. The van der Waals surface area contributed by atoms with Crippen molar-refractivity contribution < 1.29 is 13.6 Å². The molecule has 3 aromatic heterocycles. The van der Waals surface area contributed by atoms with Gasteiger partial charge in [-0.3, -0.25) is 19.3 Å². The van der Waals surface area contributed by atoms with Crippen LogP contribution in [0, 0.1) is 11.6 Å². The molecular formula is C27H20F2N6O. The first-order valence-corrected chi connectivity index (χ1v) is 11.6. The molecule has 7 nitrogen and oxygen atoms in total. The van der Waals surface area contributed by atoms with Crippen LogP contribution in [0.4, 0.5) is 8.78 Å². The average molecular weight is 482 g/mol. The predicted octanol–water partition coefficient (Wildman–Crippen LogP) is 4.83. The highest BCUT2D eigenvalue weighted by Gasteiger charge is 2.36. The zero-order chi connectivity index (χ0) is 24.6. The van der Waals surface area contributed by atoms with Crippen LogP contribution >= 0.6 is 0 Å². The van der Waals surface area contributed by atoms with Gasteiger partial charge in [-0.2, -0.15) is 0 Å². The van der Waals surface area contributed by atoms with E-state index in [-0.39, 0.29) is 23.7 Å². The van der Waals surface area contributed by atoms with Crippen molar-refractivity contribution in [2.24, 2.45) is 0 Å². The number of carbonyl (C=O) groups excluding carboxylic acids is 1. The highest BCUT2D eigenvalue weighted by atomic mass is 19.1. The van der Waals surface area contributed by atoms with Gasteiger partial charge < -0.3 is 5.32 Å². The second kappa shape index (κ2) is 8.92.